The van der Waals surface area contributed by atoms with Gasteiger partial charge in [-0.15, -0.1) is 0 Å². The summed E-state index contributed by atoms with van der Waals surface area (Å²) in [5.74, 6) is -4.22. The van der Waals surface area contributed by atoms with Gasteiger partial charge in [-0.05, 0) is 12.8 Å². The molecule has 2 aliphatic carbocycles. The van der Waals surface area contributed by atoms with Crippen molar-refractivity contribution in [3.8, 4) is 0 Å². The summed E-state index contributed by atoms with van der Waals surface area (Å²) in [6.45, 7) is 2.55. The highest BCUT2D eigenvalue weighted by Crippen LogP contribution is 2.56. The second kappa shape index (κ2) is 6.49. The molecule has 0 aromatic rings. The molecule has 0 aromatic carbocycles. The first-order chi connectivity index (χ1) is 10.9. The predicted molar refractivity (Wildman–Crippen MR) is 74.2 cm³/mol. The maximum atomic E-state index is 11.8. The number of fused-ring (bicyclic) bond motifs is 2. The molecular formula is C15H18O8. The van der Waals surface area contributed by atoms with E-state index in [2.05, 4.69) is 11.3 Å². The van der Waals surface area contributed by atoms with Crippen LogP contribution in [0.4, 0.5) is 0 Å². The lowest BCUT2D eigenvalue weighted by molar-refractivity contribution is -0.203. The summed E-state index contributed by atoms with van der Waals surface area (Å²) >= 11 is 0. The standard InChI is InChI=1S/C15H18O8/c1-3-11(17)22-7-12(18)23-13-8-4-9(6-16)10(5-8)15(13,21-2)14(19)20/h3,6,8-10,13H,1,4-5,7H2,2H3,(H,19,20). The zero-order chi connectivity index (χ0) is 17.2. The molecule has 1 N–H and O–H groups in total. The summed E-state index contributed by atoms with van der Waals surface area (Å²) < 4.78 is 15.0. The van der Waals surface area contributed by atoms with Crippen LogP contribution in [0.1, 0.15) is 12.8 Å². The van der Waals surface area contributed by atoms with Crippen LogP contribution < -0.4 is 0 Å². The molecule has 2 rings (SSSR count). The third-order valence-electron chi connectivity index (χ3n) is 4.65. The molecule has 0 saturated heterocycles. The number of aliphatic carboxylic acids is 1. The van der Waals surface area contributed by atoms with E-state index in [-0.39, 0.29) is 5.92 Å². The van der Waals surface area contributed by atoms with E-state index in [9.17, 15) is 24.3 Å². The first-order valence-corrected chi connectivity index (χ1v) is 7.13. The molecule has 0 aromatic heterocycles. The first-order valence-electron chi connectivity index (χ1n) is 7.13. The molecule has 0 spiro atoms. The zero-order valence-electron chi connectivity index (χ0n) is 12.6. The van der Waals surface area contributed by atoms with Crippen molar-refractivity contribution in [2.75, 3.05) is 13.7 Å². The third kappa shape index (κ3) is 2.74. The molecule has 8 heteroatoms. The number of hydrogen-bond acceptors (Lipinski definition) is 7. The summed E-state index contributed by atoms with van der Waals surface area (Å²) in [6.07, 6.45) is 1.47. The number of rotatable bonds is 7. The van der Waals surface area contributed by atoms with Crippen molar-refractivity contribution in [2.45, 2.75) is 24.5 Å². The van der Waals surface area contributed by atoms with E-state index in [4.69, 9.17) is 9.47 Å². The van der Waals surface area contributed by atoms with Gasteiger partial charge in [0.1, 0.15) is 12.4 Å². The largest absolute Gasteiger partial charge is 0.479 e. The van der Waals surface area contributed by atoms with Crippen LogP contribution in [0.15, 0.2) is 12.7 Å². The second-order valence-corrected chi connectivity index (χ2v) is 5.66. The summed E-state index contributed by atoms with van der Waals surface area (Å²) in [4.78, 5) is 45.7. The minimum atomic E-state index is -1.76. The molecule has 0 aliphatic heterocycles. The highest BCUT2D eigenvalue weighted by atomic mass is 16.6. The van der Waals surface area contributed by atoms with Crippen LogP contribution in [0.3, 0.4) is 0 Å². The van der Waals surface area contributed by atoms with Gasteiger partial charge in [0, 0.05) is 30.9 Å². The Morgan fingerprint density at radius 1 is 1.35 bits per heavy atom. The molecule has 126 valence electrons. The van der Waals surface area contributed by atoms with E-state index in [1.165, 1.54) is 7.11 Å². The fourth-order valence-electron chi connectivity index (χ4n) is 3.75. The summed E-state index contributed by atoms with van der Waals surface area (Å²) in [6, 6.07) is 0. The molecule has 8 nitrogen and oxygen atoms in total. The number of carbonyl (C=O) groups is 4. The fourth-order valence-corrected chi connectivity index (χ4v) is 3.75. The Labute approximate surface area is 132 Å². The lowest BCUT2D eigenvalue weighted by Gasteiger charge is -2.40. The Kier molecular flexibility index (Phi) is 4.84. The number of methoxy groups -OCH3 is 1. The number of hydrogen-bond donors (Lipinski definition) is 1. The van der Waals surface area contributed by atoms with Crippen LogP contribution in [0.2, 0.25) is 0 Å². The van der Waals surface area contributed by atoms with Gasteiger partial charge in [-0.25, -0.2) is 14.4 Å². The maximum Gasteiger partial charge on any atom is 0.344 e. The molecule has 0 radical (unpaired) electrons. The monoisotopic (exact) mass is 326 g/mol. The van der Waals surface area contributed by atoms with Crippen LogP contribution in [0, 0.1) is 17.8 Å². The lowest BCUT2D eigenvalue weighted by atomic mass is 9.75. The lowest BCUT2D eigenvalue weighted by Crippen LogP contribution is -2.59. The Hall–Kier alpha value is -2.22. The van der Waals surface area contributed by atoms with Gasteiger partial charge in [0.05, 0.1) is 0 Å². The topological polar surface area (TPSA) is 116 Å². The molecule has 2 bridgehead atoms. The minimum absolute atomic E-state index is 0.287. The summed E-state index contributed by atoms with van der Waals surface area (Å²) in [5, 5.41) is 9.61. The number of aldehydes is 1. The van der Waals surface area contributed by atoms with Gasteiger partial charge in [0.15, 0.2) is 6.61 Å². The molecular weight excluding hydrogens is 308 g/mol. The van der Waals surface area contributed by atoms with Crippen molar-refractivity contribution in [1.29, 1.82) is 0 Å². The number of esters is 2. The molecule has 2 saturated carbocycles. The Morgan fingerprint density at radius 2 is 2.04 bits per heavy atom. The van der Waals surface area contributed by atoms with Crippen molar-refractivity contribution in [3.63, 3.8) is 0 Å². The quantitative estimate of drug-likeness (QED) is 0.393. The highest BCUT2D eigenvalue weighted by molar-refractivity contribution is 5.85. The van der Waals surface area contributed by atoms with Crippen molar-refractivity contribution >= 4 is 24.2 Å². The number of carboxylic acids is 1. The van der Waals surface area contributed by atoms with E-state index in [1.807, 2.05) is 0 Å². The van der Waals surface area contributed by atoms with Crippen LogP contribution in [0.5, 0.6) is 0 Å². The molecule has 2 aliphatic rings. The van der Waals surface area contributed by atoms with Gasteiger partial charge in [0.25, 0.3) is 0 Å². The predicted octanol–water partition coefficient (Wildman–Crippen LogP) is -0.0479. The zero-order valence-corrected chi connectivity index (χ0v) is 12.6. The van der Waals surface area contributed by atoms with E-state index < -0.39 is 48.1 Å². The van der Waals surface area contributed by atoms with Crippen LogP contribution in [-0.2, 0) is 33.4 Å². The van der Waals surface area contributed by atoms with Crippen LogP contribution in [-0.4, -0.2) is 54.7 Å². The van der Waals surface area contributed by atoms with E-state index in [1.54, 1.807) is 0 Å². The average molecular weight is 326 g/mol. The summed E-state index contributed by atoms with van der Waals surface area (Å²) in [5.41, 5.74) is -1.76. The molecule has 2 fully saturated rings. The Morgan fingerprint density at radius 3 is 2.57 bits per heavy atom. The van der Waals surface area contributed by atoms with E-state index in [0.29, 0.717) is 12.8 Å². The molecule has 0 amide bonds. The second-order valence-electron chi connectivity index (χ2n) is 5.66. The van der Waals surface area contributed by atoms with Crippen molar-refractivity contribution in [3.05, 3.63) is 12.7 Å². The smallest absolute Gasteiger partial charge is 0.344 e. The van der Waals surface area contributed by atoms with Crippen LogP contribution >= 0.6 is 0 Å². The number of carbonyl (C=O) groups excluding carboxylic acids is 3. The van der Waals surface area contributed by atoms with Crippen molar-refractivity contribution in [1.82, 2.24) is 0 Å². The average Bonchev–Trinajstić information content (AvgIpc) is 3.09. The first kappa shape index (κ1) is 17.1. The van der Waals surface area contributed by atoms with Crippen LogP contribution in [0.25, 0.3) is 0 Å². The van der Waals surface area contributed by atoms with Gasteiger partial charge < -0.3 is 24.1 Å². The molecule has 5 atom stereocenters. The normalized spacial score (nSPS) is 34.7. The highest BCUT2D eigenvalue weighted by Gasteiger charge is 2.68. The van der Waals surface area contributed by atoms with Crippen molar-refractivity contribution in [2.24, 2.45) is 17.8 Å². The Balaban J connectivity index is 2.15. The van der Waals surface area contributed by atoms with Gasteiger partial charge in [-0.1, -0.05) is 6.58 Å². The van der Waals surface area contributed by atoms with Gasteiger partial charge >= 0.3 is 17.9 Å². The van der Waals surface area contributed by atoms with Crippen molar-refractivity contribution < 1.29 is 38.5 Å². The van der Waals surface area contributed by atoms with Gasteiger partial charge in [-0.3, -0.25) is 0 Å². The third-order valence-corrected chi connectivity index (χ3v) is 4.65. The number of carboxylic acid groups (broad SMARTS) is 1. The maximum absolute atomic E-state index is 11.8. The molecule has 0 heterocycles. The molecule has 23 heavy (non-hydrogen) atoms. The summed E-state index contributed by atoms with van der Waals surface area (Å²) in [7, 11) is 1.22. The van der Waals surface area contributed by atoms with Gasteiger partial charge in [-0.2, -0.15) is 0 Å². The minimum Gasteiger partial charge on any atom is -0.479 e. The van der Waals surface area contributed by atoms with E-state index >= 15 is 0 Å². The van der Waals surface area contributed by atoms with E-state index in [0.717, 1.165) is 12.4 Å². The SMILES string of the molecule is C=CC(=O)OCC(=O)OC1C2CC(C=O)C(C2)C1(OC)C(=O)O. The fraction of sp³-hybridized carbons (Fsp3) is 0.600. The number of ether oxygens (including phenoxy) is 3. The Bertz CT molecular complexity index is 542. The molecule has 5 unspecified atom stereocenters. The van der Waals surface area contributed by atoms with Gasteiger partial charge in [0.2, 0.25) is 5.60 Å².